The van der Waals surface area contributed by atoms with E-state index in [0.29, 0.717) is 0 Å². The molecule has 84 valence electrons. The number of hydrogen-bond acceptors (Lipinski definition) is 5. The highest BCUT2D eigenvalue weighted by atomic mass is 19.4. The highest BCUT2D eigenvalue weighted by Gasteiger charge is 2.48. The van der Waals surface area contributed by atoms with Crippen LogP contribution >= 0.6 is 0 Å². The summed E-state index contributed by atoms with van der Waals surface area (Å²) in [7, 11) is 2.87. The molecule has 0 amide bonds. The van der Waals surface area contributed by atoms with E-state index < -0.39 is 18.3 Å². The van der Waals surface area contributed by atoms with E-state index in [2.05, 4.69) is 18.9 Å². The van der Waals surface area contributed by atoms with E-state index in [4.69, 9.17) is 0 Å². The fraction of sp³-hybridized carbons (Fsp3) is 0.833. The molecule has 0 radical (unpaired) electrons. The molecule has 0 heterocycles. The maximum atomic E-state index is 11.7. The van der Waals surface area contributed by atoms with Gasteiger partial charge < -0.3 is 4.74 Å². The second-order valence-electron chi connectivity index (χ2n) is 2.00. The van der Waals surface area contributed by atoms with Crippen LogP contribution in [0, 0.1) is 0 Å². The lowest BCUT2D eigenvalue weighted by Gasteiger charge is -2.26. The molecule has 0 fully saturated rings. The maximum absolute atomic E-state index is 11.7. The fourth-order valence-corrected chi connectivity index (χ4v) is 0.546. The van der Waals surface area contributed by atoms with Crippen molar-refractivity contribution in [3.8, 4) is 0 Å². The van der Waals surface area contributed by atoms with Crippen molar-refractivity contribution >= 4 is 5.97 Å². The first kappa shape index (κ1) is 13.1. The van der Waals surface area contributed by atoms with Gasteiger partial charge in [-0.1, -0.05) is 0 Å². The van der Waals surface area contributed by atoms with Gasteiger partial charge in [-0.3, -0.25) is 14.2 Å². The molecule has 0 aliphatic rings. The second-order valence-corrected chi connectivity index (χ2v) is 2.00. The Morgan fingerprint density at radius 2 is 1.36 bits per heavy atom. The monoisotopic (exact) mass is 218 g/mol. The van der Waals surface area contributed by atoms with Crippen LogP contribution in [0.4, 0.5) is 13.2 Å². The van der Waals surface area contributed by atoms with E-state index in [1.807, 2.05) is 0 Å². The first-order valence-corrected chi connectivity index (χ1v) is 3.27. The fourth-order valence-electron chi connectivity index (χ4n) is 0.546. The Kier molecular flexibility index (Phi) is 4.30. The SMILES string of the molecule is COC(OC)(OC)OC(=O)C(F)(F)F. The average Bonchev–Trinajstić information content (AvgIpc) is 2.12. The van der Waals surface area contributed by atoms with E-state index in [-0.39, 0.29) is 0 Å². The summed E-state index contributed by atoms with van der Waals surface area (Å²) in [6.07, 6.45) is -7.60. The lowest BCUT2D eigenvalue weighted by molar-refractivity contribution is -0.466. The van der Waals surface area contributed by atoms with Crippen molar-refractivity contribution in [1.29, 1.82) is 0 Å². The zero-order valence-corrected chi connectivity index (χ0v) is 7.68. The van der Waals surface area contributed by atoms with Crippen LogP contribution in [0.25, 0.3) is 0 Å². The Morgan fingerprint density at radius 1 is 1.00 bits per heavy atom. The van der Waals surface area contributed by atoms with Crippen molar-refractivity contribution in [3.05, 3.63) is 0 Å². The van der Waals surface area contributed by atoms with Gasteiger partial charge in [0.05, 0.1) is 0 Å². The van der Waals surface area contributed by atoms with Gasteiger partial charge in [0.25, 0.3) is 0 Å². The molecule has 0 aromatic rings. The number of carbonyl (C=O) groups is 1. The summed E-state index contributed by atoms with van der Waals surface area (Å²) in [4.78, 5) is 10.4. The predicted molar refractivity (Wildman–Crippen MR) is 35.9 cm³/mol. The van der Waals surface area contributed by atoms with Crippen LogP contribution in [0.2, 0.25) is 0 Å². The Morgan fingerprint density at radius 3 is 1.57 bits per heavy atom. The summed E-state index contributed by atoms with van der Waals surface area (Å²) in [6, 6.07) is 0. The highest BCUT2D eigenvalue weighted by molar-refractivity contribution is 5.75. The van der Waals surface area contributed by atoms with Crippen molar-refractivity contribution in [2.24, 2.45) is 0 Å². The smallest absolute Gasteiger partial charge is 0.377 e. The topological polar surface area (TPSA) is 54.0 Å². The maximum Gasteiger partial charge on any atom is 0.491 e. The normalized spacial score (nSPS) is 12.7. The van der Waals surface area contributed by atoms with E-state index in [0.717, 1.165) is 21.3 Å². The summed E-state index contributed by atoms with van der Waals surface area (Å²) in [5, 5.41) is 0. The van der Waals surface area contributed by atoms with E-state index in [9.17, 15) is 18.0 Å². The second kappa shape index (κ2) is 4.58. The molecule has 0 aliphatic carbocycles. The summed E-state index contributed by atoms with van der Waals surface area (Å²) in [6.45, 7) is 0. The number of ether oxygens (including phenoxy) is 4. The Hall–Kier alpha value is -0.860. The van der Waals surface area contributed by atoms with Crippen LogP contribution in [0.5, 0.6) is 0 Å². The van der Waals surface area contributed by atoms with Gasteiger partial charge in [0.1, 0.15) is 0 Å². The third-order valence-electron chi connectivity index (χ3n) is 1.20. The van der Waals surface area contributed by atoms with Gasteiger partial charge >= 0.3 is 18.3 Å². The molecule has 0 spiro atoms. The van der Waals surface area contributed by atoms with Crippen LogP contribution in [-0.4, -0.2) is 39.6 Å². The standard InChI is InChI=1S/C6H9F3O5/c1-11-6(12-2,13-3)14-4(10)5(7,8)9/h1-3H3. The Balaban J connectivity index is 4.54. The minimum absolute atomic E-state index is 0.955. The molecule has 0 unspecified atom stereocenters. The largest absolute Gasteiger partial charge is 0.491 e. The lowest BCUT2D eigenvalue weighted by Crippen LogP contribution is -2.44. The van der Waals surface area contributed by atoms with E-state index >= 15 is 0 Å². The van der Waals surface area contributed by atoms with Gasteiger partial charge in [-0.15, -0.1) is 0 Å². The number of methoxy groups -OCH3 is 3. The number of carbonyl (C=O) groups excluding carboxylic acids is 1. The molecule has 0 rings (SSSR count). The number of esters is 1. The molecule has 5 nitrogen and oxygen atoms in total. The summed E-state index contributed by atoms with van der Waals surface area (Å²) >= 11 is 0. The Labute approximate surface area is 77.7 Å². The molecule has 0 saturated carbocycles. The first-order chi connectivity index (χ1) is 6.31. The summed E-state index contributed by atoms with van der Waals surface area (Å²) in [5.41, 5.74) is 0. The molecule has 0 saturated heterocycles. The molecule has 0 aromatic heterocycles. The molecule has 14 heavy (non-hydrogen) atoms. The quantitative estimate of drug-likeness (QED) is 0.512. The van der Waals surface area contributed by atoms with Gasteiger partial charge in [0.15, 0.2) is 0 Å². The zero-order valence-electron chi connectivity index (χ0n) is 7.68. The molecular formula is C6H9F3O5. The number of alkyl halides is 3. The van der Waals surface area contributed by atoms with Crippen LogP contribution in [0.1, 0.15) is 0 Å². The third-order valence-corrected chi connectivity index (χ3v) is 1.20. The van der Waals surface area contributed by atoms with Gasteiger partial charge in [0.2, 0.25) is 0 Å². The van der Waals surface area contributed by atoms with Crippen LogP contribution in [0.3, 0.4) is 0 Å². The Bertz CT molecular complexity index is 190. The first-order valence-electron chi connectivity index (χ1n) is 3.27. The minimum atomic E-state index is -5.14. The summed E-state index contributed by atoms with van der Waals surface area (Å²) < 4.78 is 52.0. The molecule has 0 bridgehead atoms. The van der Waals surface area contributed by atoms with Crippen LogP contribution in [-0.2, 0) is 23.7 Å². The summed E-state index contributed by atoms with van der Waals surface area (Å²) in [5.74, 6) is -2.47. The van der Waals surface area contributed by atoms with Crippen molar-refractivity contribution in [1.82, 2.24) is 0 Å². The molecule has 0 N–H and O–H groups in total. The van der Waals surface area contributed by atoms with E-state index in [1.165, 1.54) is 0 Å². The predicted octanol–water partition coefficient (Wildman–Crippen LogP) is 0.642. The molecule has 8 heteroatoms. The average molecular weight is 218 g/mol. The molecule has 0 atom stereocenters. The van der Waals surface area contributed by atoms with Gasteiger partial charge in [-0.2, -0.15) is 13.2 Å². The zero-order chi connectivity index (χ0) is 11.4. The van der Waals surface area contributed by atoms with Gasteiger partial charge in [-0.25, -0.2) is 4.79 Å². The molecule has 0 aromatic carbocycles. The van der Waals surface area contributed by atoms with Crippen LogP contribution < -0.4 is 0 Å². The highest BCUT2D eigenvalue weighted by Crippen LogP contribution is 2.22. The van der Waals surface area contributed by atoms with Crippen molar-refractivity contribution in [2.45, 2.75) is 12.3 Å². The number of halogens is 3. The van der Waals surface area contributed by atoms with Gasteiger partial charge in [0, 0.05) is 21.3 Å². The minimum Gasteiger partial charge on any atom is -0.377 e. The molecule has 0 aliphatic heterocycles. The van der Waals surface area contributed by atoms with Crippen LogP contribution in [0.15, 0.2) is 0 Å². The van der Waals surface area contributed by atoms with Gasteiger partial charge in [-0.05, 0) is 0 Å². The van der Waals surface area contributed by atoms with Crippen molar-refractivity contribution in [3.63, 3.8) is 0 Å². The van der Waals surface area contributed by atoms with Crippen molar-refractivity contribution in [2.75, 3.05) is 21.3 Å². The third kappa shape index (κ3) is 3.13. The van der Waals surface area contributed by atoms with E-state index in [1.54, 1.807) is 0 Å². The number of hydrogen-bond donors (Lipinski definition) is 0. The van der Waals surface area contributed by atoms with Crippen molar-refractivity contribution < 1.29 is 36.9 Å². The lowest BCUT2D eigenvalue weighted by atomic mass is 10.7. The molecular weight excluding hydrogens is 209 g/mol. The number of rotatable bonds is 4.